The van der Waals surface area contributed by atoms with Gasteiger partial charge in [-0.3, -0.25) is 0 Å². The Hall–Kier alpha value is -1.32. The van der Waals surface area contributed by atoms with Crippen molar-refractivity contribution < 1.29 is 0 Å². The molecule has 1 heterocycles. The first kappa shape index (κ1) is 9.24. The van der Waals surface area contributed by atoms with Gasteiger partial charge in [-0.05, 0) is 17.2 Å². The van der Waals surface area contributed by atoms with Gasteiger partial charge in [0.25, 0.3) is 0 Å². The lowest BCUT2D eigenvalue weighted by Gasteiger charge is -1.99. The van der Waals surface area contributed by atoms with Crippen molar-refractivity contribution in [3.8, 4) is 0 Å². The molecule has 0 amide bonds. The van der Waals surface area contributed by atoms with Crippen molar-refractivity contribution >= 4 is 10.9 Å². The van der Waals surface area contributed by atoms with E-state index in [0.717, 1.165) is 5.56 Å². The first-order valence-corrected chi connectivity index (χ1v) is 4.73. The molecule has 3 heteroatoms. The van der Waals surface area contributed by atoms with E-state index in [0.29, 0.717) is 13.1 Å². The van der Waals surface area contributed by atoms with E-state index in [1.807, 2.05) is 7.05 Å². The highest BCUT2D eigenvalue weighted by Crippen LogP contribution is 2.21. The number of hydrogen-bond donors (Lipinski definition) is 2. The second kappa shape index (κ2) is 3.44. The predicted octanol–water partition coefficient (Wildman–Crippen LogP) is 1.10. The molecular formula is C11H15N3. The summed E-state index contributed by atoms with van der Waals surface area (Å²) in [7, 11) is 2.03. The monoisotopic (exact) mass is 189 g/mol. The average molecular weight is 189 g/mol. The third kappa shape index (κ3) is 1.31. The Kier molecular flexibility index (Phi) is 2.27. The molecule has 2 rings (SSSR count). The lowest BCUT2D eigenvalue weighted by molar-refractivity contribution is 0.946. The van der Waals surface area contributed by atoms with Crippen molar-refractivity contribution in [3.63, 3.8) is 0 Å². The van der Waals surface area contributed by atoms with E-state index < -0.39 is 0 Å². The van der Waals surface area contributed by atoms with Crippen LogP contribution < -0.4 is 11.5 Å². The molecule has 3 nitrogen and oxygen atoms in total. The molecule has 1 aromatic carbocycles. The second-order valence-electron chi connectivity index (χ2n) is 3.52. The number of nitrogens with zero attached hydrogens (tertiary/aromatic N) is 1. The molecule has 0 spiro atoms. The molecule has 0 unspecified atom stereocenters. The van der Waals surface area contributed by atoms with Crippen molar-refractivity contribution in [1.29, 1.82) is 0 Å². The van der Waals surface area contributed by atoms with Crippen LogP contribution in [0.4, 0.5) is 0 Å². The van der Waals surface area contributed by atoms with Crippen LogP contribution in [0.25, 0.3) is 10.9 Å². The van der Waals surface area contributed by atoms with E-state index in [2.05, 4.69) is 29.0 Å². The number of fused-ring (bicyclic) bond motifs is 1. The van der Waals surface area contributed by atoms with Crippen molar-refractivity contribution in [3.05, 3.63) is 35.5 Å². The van der Waals surface area contributed by atoms with Gasteiger partial charge in [-0.2, -0.15) is 0 Å². The summed E-state index contributed by atoms with van der Waals surface area (Å²) < 4.78 is 2.09. The van der Waals surface area contributed by atoms with Crippen molar-refractivity contribution in [2.45, 2.75) is 13.1 Å². The summed E-state index contributed by atoms with van der Waals surface area (Å²) in [5, 5.41) is 1.23. The predicted molar refractivity (Wildman–Crippen MR) is 58.7 cm³/mol. The topological polar surface area (TPSA) is 57.0 Å². The highest BCUT2D eigenvalue weighted by atomic mass is 14.9. The Balaban J connectivity index is 2.70. The lowest BCUT2D eigenvalue weighted by Crippen LogP contribution is -1.96. The summed E-state index contributed by atoms with van der Waals surface area (Å²) in [5.74, 6) is 0. The summed E-state index contributed by atoms with van der Waals surface area (Å²) in [5.41, 5.74) is 14.8. The van der Waals surface area contributed by atoms with E-state index in [1.54, 1.807) is 0 Å². The Morgan fingerprint density at radius 1 is 1.21 bits per heavy atom. The van der Waals surface area contributed by atoms with E-state index in [-0.39, 0.29) is 0 Å². The minimum Gasteiger partial charge on any atom is -0.350 e. The first-order chi connectivity index (χ1) is 6.76. The maximum atomic E-state index is 5.66. The molecule has 2 aromatic rings. The maximum Gasteiger partial charge on any atom is 0.0484 e. The van der Waals surface area contributed by atoms with Crippen molar-refractivity contribution in [2.24, 2.45) is 18.5 Å². The highest BCUT2D eigenvalue weighted by Gasteiger charge is 2.04. The second-order valence-corrected chi connectivity index (χ2v) is 3.52. The van der Waals surface area contributed by atoms with Crippen molar-refractivity contribution in [2.75, 3.05) is 0 Å². The molecule has 0 bridgehead atoms. The number of nitrogens with two attached hydrogens (primary N) is 2. The quantitative estimate of drug-likeness (QED) is 0.743. The lowest BCUT2D eigenvalue weighted by atomic mass is 10.1. The van der Waals surface area contributed by atoms with Gasteiger partial charge in [0.2, 0.25) is 0 Å². The van der Waals surface area contributed by atoms with Gasteiger partial charge in [0, 0.05) is 37.2 Å². The largest absolute Gasteiger partial charge is 0.350 e. The maximum absolute atomic E-state index is 5.66. The molecule has 1 aromatic heterocycles. The van der Waals surface area contributed by atoms with E-state index in [4.69, 9.17) is 11.5 Å². The number of aryl methyl sites for hydroxylation is 1. The molecule has 14 heavy (non-hydrogen) atoms. The smallest absolute Gasteiger partial charge is 0.0484 e. The van der Waals surface area contributed by atoms with Gasteiger partial charge in [-0.1, -0.05) is 12.1 Å². The third-order valence-electron chi connectivity index (χ3n) is 2.59. The Morgan fingerprint density at radius 2 is 2.00 bits per heavy atom. The third-order valence-corrected chi connectivity index (χ3v) is 2.59. The van der Waals surface area contributed by atoms with Crippen LogP contribution in [0.2, 0.25) is 0 Å². The van der Waals surface area contributed by atoms with Gasteiger partial charge in [-0.15, -0.1) is 0 Å². The number of rotatable bonds is 2. The number of hydrogen-bond acceptors (Lipinski definition) is 2. The van der Waals surface area contributed by atoms with Crippen LogP contribution in [0, 0.1) is 0 Å². The van der Waals surface area contributed by atoms with Crippen LogP contribution >= 0.6 is 0 Å². The fourth-order valence-corrected chi connectivity index (χ4v) is 1.80. The van der Waals surface area contributed by atoms with Crippen LogP contribution in [0.1, 0.15) is 11.1 Å². The van der Waals surface area contributed by atoms with E-state index in [1.165, 1.54) is 16.5 Å². The van der Waals surface area contributed by atoms with E-state index >= 15 is 0 Å². The average Bonchev–Trinajstić information content (AvgIpc) is 2.55. The number of aromatic nitrogens is 1. The molecule has 0 aliphatic rings. The standard InChI is InChI=1S/C11H15N3/c1-14-7-9(6-13)10-3-2-8(5-12)4-11(10)14/h2-4,7H,5-6,12-13H2,1H3. The first-order valence-electron chi connectivity index (χ1n) is 4.73. The van der Waals surface area contributed by atoms with Gasteiger partial charge < -0.3 is 16.0 Å². The van der Waals surface area contributed by atoms with Crippen LogP contribution in [0.5, 0.6) is 0 Å². The number of benzene rings is 1. The Bertz CT molecular complexity index is 457. The highest BCUT2D eigenvalue weighted by molar-refractivity contribution is 5.84. The molecule has 0 radical (unpaired) electrons. The molecular weight excluding hydrogens is 174 g/mol. The summed E-state index contributed by atoms with van der Waals surface area (Å²) in [6.07, 6.45) is 2.07. The van der Waals surface area contributed by atoms with Crippen LogP contribution in [0.3, 0.4) is 0 Å². The van der Waals surface area contributed by atoms with Gasteiger partial charge in [0.1, 0.15) is 0 Å². The SMILES string of the molecule is Cn1cc(CN)c2ccc(CN)cc21. The molecule has 0 saturated heterocycles. The summed E-state index contributed by atoms with van der Waals surface area (Å²) >= 11 is 0. The molecule has 0 aliphatic carbocycles. The normalized spacial score (nSPS) is 11.1. The van der Waals surface area contributed by atoms with Gasteiger partial charge in [0.15, 0.2) is 0 Å². The van der Waals surface area contributed by atoms with Gasteiger partial charge in [-0.25, -0.2) is 0 Å². The minimum absolute atomic E-state index is 0.582. The zero-order chi connectivity index (χ0) is 10.1. The van der Waals surface area contributed by atoms with Crippen LogP contribution in [-0.2, 0) is 20.1 Å². The van der Waals surface area contributed by atoms with Crippen molar-refractivity contribution in [1.82, 2.24) is 4.57 Å². The van der Waals surface area contributed by atoms with Gasteiger partial charge >= 0.3 is 0 Å². The van der Waals surface area contributed by atoms with Crippen LogP contribution in [-0.4, -0.2) is 4.57 Å². The van der Waals surface area contributed by atoms with E-state index in [9.17, 15) is 0 Å². The van der Waals surface area contributed by atoms with Gasteiger partial charge in [0.05, 0.1) is 0 Å². The Labute approximate surface area is 83.3 Å². The fourth-order valence-electron chi connectivity index (χ4n) is 1.80. The molecule has 0 aliphatic heterocycles. The summed E-state index contributed by atoms with van der Waals surface area (Å²) in [6, 6.07) is 6.27. The zero-order valence-corrected chi connectivity index (χ0v) is 8.33. The summed E-state index contributed by atoms with van der Waals surface area (Å²) in [6.45, 7) is 1.17. The molecule has 0 saturated carbocycles. The summed E-state index contributed by atoms with van der Waals surface area (Å²) in [4.78, 5) is 0. The van der Waals surface area contributed by atoms with Crippen LogP contribution in [0.15, 0.2) is 24.4 Å². The zero-order valence-electron chi connectivity index (χ0n) is 8.33. The minimum atomic E-state index is 0.582. The Morgan fingerprint density at radius 3 is 2.64 bits per heavy atom. The molecule has 4 N–H and O–H groups in total. The molecule has 0 atom stereocenters. The fraction of sp³-hybridized carbons (Fsp3) is 0.273. The molecule has 0 fully saturated rings. The molecule has 74 valence electrons.